The highest BCUT2D eigenvalue weighted by molar-refractivity contribution is 5.89. The first kappa shape index (κ1) is 19.4. The number of carbonyl (C=O) groups excluding carboxylic acids is 2. The molecule has 1 N–H and O–H groups in total. The van der Waals surface area contributed by atoms with E-state index >= 15 is 0 Å². The summed E-state index contributed by atoms with van der Waals surface area (Å²) in [7, 11) is 0. The van der Waals surface area contributed by atoms with Gasteiger partial charge in [-0.2, -0.15) is 0 Å². The lowest BCUT2D eigenvalue weighted by Gasteiger charge is -2.06. The van der Waals surface area contributed by atoms with Crippen LogP contribution >= 0.6 is 0 Å². The van der Waals surface area contributed by atoms with Gasteiger partial charge in [-0.15, -0.1) is 0 Å². The molecule has 0 heterocycles. The van der Waals surface area contributed by atoms with Crippen molar-refractivity contribution in [2.75, 3.05) is 6.61 Å². The van der Waals surface area contributed by atoms with Crippen molar-refractivity contribution < 1.29 is 18.7 Å². The first-order chi connectivity index (χ1) is 12.4. The molecule has 0 aliphatic carbocycles. The Morgan fingerprint density at radius 3 is 2.35 bits per heavy atom. The van der Waals surface area contributed by atoms with Crippen LogP contribution in [0.15, 0.2) is 54.6 Å². The van der Waals surface area contributed by atoms with Gasteiger partial charge in [0, 0.05) is 12.6 Å². The zero-order chi connectivity index (χ0) is 18.9. The average Bonchev–Trinajstić information content (AvgIpc) is 2.64. The highest BCUT2D eigenvalue weighted by Crippen LogP contribution is 2.15. The van der Waals surface area contributed by atoms with E-state index in [-0.39, 0.29) is 19.0 Å². The highest BCUT2D eigenvalue weighted by Gasteiger charge is 2.05. The van der Waals surface area contributed by atoms with Gasteiger partial charge in [-0.05, 0) is 40.8 Å². The number of nitrogens with one attached hydrogen (secondary N) is 1. The van der Waals surface area contributed by atoms with Crippen LogP contribution in [0.4, 0.5) is 4.39 Å². The van der Waals surface area contributed by atoms with E-state index in [0.717, 1.165) is 11.1 Å². The summed E-state index contributed by atoms with van der Waals surface area (Å²) in [6, 6.07) is 13.7. The molecule has 0 aromatic heterocycles. The van der Waals surface area contributed by atoms with Crippen molar-refractivity contribution in [2.45, 2.75) is 26.3 Å². The lowest BCUT2D eigenvalue weighted by atomic mass is 10.0. The van der Waals surface area contributed by atoms with E-state index in [9.17, 15) is 14.0 Å². The fourth-order valence-electron chi connectivity index (χ4n) is 2.20. The second kappa shape index (κ2) is 9.51. The quantitative estimate of drug-likeness (QED) is 0.607. The van der Waals surface area contributed by atoms with Crippen LogP contribution in [0.2, 0.25) is 0 Å². The van der Waals surface area contributed by atoms with Gasteiger partial charge in [0.2, 0.25) is 0 Å². The monoisotopic (exact) mass is 355 g/mol. The minimum atomic E-state index is -0.588. The number of esters is 1. The molecule has 5 heteroatoms. The van der Waals surface area contributed by atoms with Gasteiger partial charge in [0.25, 0.3) is 5.91 Å². The molecule has 0 bridgehead atoms. The van der Waals surface area contributed by atoms with E-state index in [1.54, 1.807) is 18.2 Å². The van der Waals surface area contributed by atoms with Crippen LogP contribution in [0.5, 0.6) is 0 Å². The third-order valence-electron chi connectivity index (χ3n) is 3.76. The fourth-order valence-corrected chi connectivity index (χ4v) is 2.20. The summed E-state index contributed by atoms with van der Waals surface area (Å²) in [5.41, 5.74) is 2.87. The number of rotatable bonds is 7. The molecule has 2 aromatic carbocycles. The molecular weight excluding hydrogens is 333 g/mol. The normalized spacial score (nSPS) is 10.9. The predicted molar refractivity (Wildman–Crippen MR) is 98.8 cm³/mol. The maximum atomic E-state index is 12.8. The molecule has 4 nitrogen and oxygen atoms in total. The van der Waals surface area contributed by atoms with E-state index in [1.807, 2.05) is 24.3 Å². The van der Waals surface area contributed by atoms with Crippen LogP contribution in [0.3, 0.4) is 0 Å². The van der Waals surface area contributed by atoms with E-state index in [2.05, 4.69) is 19.2 Å². The second-order valence-corrected chi connectivity index (χ2v) is 6.17. The Bertz CT molecular complexity index is 765. The Morgan fingerprint density at radius 1 is 1.08 bits per heavy atom. The van der Waals surface area contributed by atoms with Crippen LogP contribution in [0, 0.1) is 5.82 Å². The molecule has 0 spiro atoms. The molecule has 0 saturated carbocycles. The Balaban J connectivity index is 1.73. The van der Waals surface area contributed by atoms with Crippen molar-refractivity contribution in [2.24, 2.45) is 0 Å². The zero-order valence-electron chi connectivity index (χ0n) is 14.9. The molecule has 0 radical (unpaired) electrons. The molecule has 0 fully saturated rings. The summed E-state index contributed by atoms with van der Waals surface area (Å²) in [5, 5.41) is 2.60. The summed E-state index contributed by atoms with van der Waals surface area (Å²) in [6.45, 7) is 4.11. The van der Waals surface area contributed by atoms with Gasteiger partial charge in [0.15, 0.2) is 6.61 Å². The van der Waals surface area contributed by atoms with Crippen molar-refractivity contribution in [3.63, 3.8) is 0 Å². The largest absolute Gasteiger partial charge is 0.452 e. The first-order valence-electron chi connectivity index (χ1n) is 8.40. The first-order valence-corrected chi connectivity index (χ1v) is 8.40. The van der Waals surface area contributed by atoms with Gasteiger partial charge in [0.05, 0.1) is 0 Å². The van der Waals surface area contributed by atoms with Crippen LogP contribution in [0.25, 0.3) is 6.08 Å². The lowest BCUT2D eigenvalue weighted by molar-refractivity contribution is -0.143. The maximum Gasteiger partial charge on any atom is 0.331 e. The number of halogens is 1. The van der Waals surface area contributed by atoms with E-state index < -0.39 is 11.9 Å². The van der Waals surface area contributed by atoms with Gasteiger partial charge in [-0.1, -0.05) is 50.2 Å². The third-order valence-corrected chi connectivity index (χ3v) is 3.76. The number of hydrogen-bond acceptors (Lipinski definition) is 3. The number of benzene rings is 2. The summed E-state index contributed by atoms with van der Waals surface area (Å²) in [6.07, 6.45) is 2.93. The molecule has 0 atom stereocenters. The molecule has 0 unspecified atom stereocenters. The number of carbonyl (C=O) groups is 2. The minimum Gasteiger partial charge on any atom is -0.452 e. The van der Waals surface area contributed by atoms with Crippen molar-refractivity contribution >= 4 is 18.0 Å². The molecule has 2 rings (SSSR count). The summed E-state index contributed by atoms with van der Waals surface area (Å²) in [4.78, 5) is 23.4. The Hall–Kier alpha value is -2.95. The number of ether oxygens (including phenoxy) is 1. The summed E-state index contributed by atoms with van der Waals surface area (Å²) in [5.74, 6) is -0.890. The predicted octanol–water partition coefficient (Wildman–Crippen LogP) is 3.82. The highest BCUT2D eigenvalue weighted by atomic mass is 19.1. The zero-order valence-corrected chi connectivity index (χ0v) is 14.9. The molecule has 0 aliphatic rings. The molecule has 0 aliphatic heterocycles. The topological polar surface area (TPSA) is 55.4 Å². The Kier molecular flexibility index (Phi) is 7.09. The van der Waals surface area contributed by atoms with Crippen LogP contribution in [-0.4, -0.2) is 18.5 Å². The van der Waals surface area contributed by atoms with Crippen molar-refractivity contribution in [1.82, 2.24) is 5.32 Å². The van der Waals surface area contributed by atoms with Crippen molar-refractivity contribution in [3.05, 3.63) is 77.1 Å². The average molecular weight is 355 g/mol. The standard InChI is InChI=1S/C21H22FNO3/c1-15(2)18-8-3-16(4-9-18)7-12-21(25)26-14-20(24)23-13-17-5-10-19(22)11-6-17/h3-12,15H,13-14H2,1-2H3,(H,23,24)/b12-7+. The molecule has 136 valence electrons. The van der Waals surface area contributed by atoms with Gasteiger partial charge < -0.3 is 10.1 Å². The second-order valence-electron chi connectivity index (χ2n) is 6.17. The lowest BCUT2D eigenvalue weighted by Crippen LogP contribution is -2.28. The summed E-state index contributed by atoms with van der Waals surface area (Å²) < 4.78 is 17.7. The van der Waals surface area contributed by atoms with Gasteiger partial charge in [0.1, 0.15) is 5.82 Å². The molecule has 0 saturated heterocycles. The smallest absolute Gasteiger partial charge is 0.331 e. The van der Waals surface area contributed by atoms with Gasteiger partial charge in [-0.3, -0.25) is 4.79 Å². The van der Waals surface area contributed by atoms with Crippen LogP contribution in [0.1, 0.15) is 36.5 Å². The maximum absolute atomic E-state index is 12.8. The SMILES string of the molecule is CC(C)c1ccc(/C=C/C(=O)OCC(=O)NCc2ccc(F)cc2)cc1. The van der Waals surface area contributed by atoms with Gasteiger partial charge in [-0.25, -0.2) is 9.18 Å². The van der Waals surface area contributed by atoms with Crippen LogP contribution < -0.4 is 5.32 Å². The molecular formula is C21H22FNO3. The number of amides is 1. The van der Waals surface area contributed by atoms with E-state index in [1.165, 1.54) is 23.8 Å². The van der Waals surface area contributed by atoms with Crippen molar-refractivity contribution in [3.8, 4) is 0 Å². The number of hydrogen-bond donors (Lipinski definition) is 1. The Labute approximate surface area is 152 Å². The van der Waals surface area contributed by atoms with Crippen molar-refractivity contribution in [1.29, 1.82) is 0 Å². The Morgan fingerprint density at radius 2 is 1.73 bits per heavy atom. The van der Waals surface area contributed by atoms with E-state index in [4.69, 9.17) is 4.74 Å². The molecule has 1 amide bonds. The fraction of sp³-hybridized carbons (Fsp3) is 0.238. The third kappa shape index (κ3) is 6.51. The van der Waals surface area contributed by atoms with E-state index in [0.29, 0.717) is 5.92 Å². The summed E-state index contributed by atoms with van der Waals surface area (Å²) >= 11 is 0. The van der Waals surface area contributed by atoms with Crippen LogP contribution in [-0.2, 0) is 20.9 Å². The molecule has 26 heavy (non-hydrogen) atoms. The molecule has 2 aromatic rings. The van der Waals surface area contributed by atoms with Gasteiger partial charge >= 0.3 is 5.97 Å². The minimum absolute atomic E-state index is 0.245.